The molecular weight excluding hydrogens is 417 g/mol. The first-order valence-electron chi connectivity index (χ1n) is 6.89. The van der Waals surface area contributed by atoms with Gasteiger partial charge in [-0.3, -0.25) is 14.2 Å². The molecule has 0 saturated heterocycles. The molecule has 2 heterocycles. The van der Waals surface area contributed by atoms with Gasteiger partial charge in [-0.1, -0.05) is 29.3 Å². The van der Waals surface area contributed by atoms with Crippen molar-refractivity contribution in [3.8, 4) is 0 Å². The van der Waals surface area contributed by atoms with E-state index >= 15 is 0 Å². The number of anilines is 1. The van der Waals surface area contributed by atoms with E-state index in [-0.39, 0.29) is 5.91 Å². The van der Waals surface area contributed by atoms with Gasteiger partial charge in [0.1, 0.15) is 5.69 Å². The van der Waals surface area contributed by atoms with Gasteiger partial charge in [0.2, 0.25) is 0 Å². The lowest BCUT2D eigenvalue weighted by molar-refractivity contribution is 0.101. The van der Waals surface area contributed by atoms with Gasteiger partial charge in [0.25, 0.3) is 5.91 Å². The van der Waals surface area contributed by atoms with Crippen LogP contribution in [0.1, 0.15) is 16.1 Å². The molecule has 1 aromatic carbocycles. The first-order chi connectivity index (χ1) is 11.4. The Labute approximate surface area is 156 Å². The second kappa shape index (κ2) is 6.96. The van der Waals surface area contributed by atoms with Crippen molar-refractivity contribution in [3.63, 3.8) is 0 Å². The van der Waals surface area contributed by atoms with Crippen molar-refractivity contribution in [2.75, 3.05) is 5.32 Å². The molecule has 0 unspecified atom stereocenters. The van der Waals surface area contributed by atoms with Gasteiger partial charge in [0.05, 0.1) is 39.1 Å². The lowest BCUT2D eigenvalue weighted by Gasteiger charge is -2.04. The van der Waals surface area contributed by atoms with Crippen molar-refractivity contribution in [1.82, 2.24) is 19.6 Å². The molecule has 3 aromatic rings. The fourth-order valence-electron chi connectivity index (χ4n) is 2.20. The molecule has 2 aromatic heterocycles. The Morgan fingerprint density at radius 1 is 1.25 bits per heavy atom. The van der Waals surface area contributed by atoms with Crippen LogP contribution in [-0.2, 0) is 13.6 Å². The fourth-order valence-corrected chi connectivity index (χ4v) is 3.05. The van der Waals surface area contributed by atoms with E-state index in [0.717, 1.165) is 5.56 Å². The molecule has 0 atom stereocenters. The van der Waals surface area contributed by atoms with E-state index in [1.165, 1.54) is 4.68 Å². The highest BCUT2D eigenvalue weighted by molar-refractivity contribution is 9.10. The van der Waals surface area contributed by atoms with Gasteiger partial charge in [-0.05, 0) is 33.6 Å². The topological polar surface area (TPSA) is 64.7 Å². The molecule has 1 amide bonds. The Morgan fingerprint density at radius 2 is 2.04 bits per heavy atom. The highest BCUT2D eigenvalue weighted by Crippen LogP contribution is 2.23. The van der Waals surface area contributed by atoms with Crippen LogP contribution in [0.4, 0.5) is 5.69 Å². The molecule has 24 heavy (non-hydrogen) atoms. The lowest BCUT2D eigenvalue weighted by Crippen LogP contribution is -2.16. The Kier molecular flexibility index (Phi) is 4.93. The third kappa shape index (κ3) is 3.63. The normalized spacial score (nSPS) is 10.8. The van der Waals surface area contributed by atoms with Crippen LogP contribution in [0.15, 0.2) is 41.3 Å². The maximum absolute atomic E-state index is 12.3. The quantitative estimate of drug-likeness (QED) is 0.683. The van der Waals surface area contributed by atoms with E-state index in [2.05, 4.69) is 31.4 Å². The van der Waals surface area contributed by atoms with Crippen molar-refractivity contribution in [2.24, 2.45) is 7.05 Å². The van der Waals surface area contributed by atoms with E-state index in [0.29, 0.717) is 32.4 Å². The largest absolute Gasteiger partial charge is 0.318 e. The zero-order chi connectivity index (χ0) is 17.3. The molecule has 0 saturated carbocycles. The molecule has 9 heteroatoms. The number of hydrogen-bond acceptors (Lipinski definition) is 3. The summed E-state index contributed by atoms with van der Waals surface area (Å²) in [4.78, 5) is 12.3. The maximum Gasteiger partial charge on any atom is 0.275 e. The van der Waals surface area contributed by atoms with Gasteiger partial charge in [0, 0.05) is 13.2 Å². The lowest BCUT2D eigenvalue weighted by atomic mass is 10.2. The molecule has 6 nitrogen and oxygen atoms in total. The highest BCUT2D eigenvalue weighted by atomic mass is 79.9. The number of halogens is 3. The minimum Gasteiger partial charge on any atom is -0.318 e. The van der Waals surface area contributed by atoms with Gasteiger partial charge in [0.15, 0.2) is 0 Å². The second-order valence-electron chi connectivity index (χ2n) is 5.09. The number of carbonyl (C=O) groups excluding carboxylic acids is 1. The third-order valence-corrected chi connectivity index (χ3v) is 4.65. The molecule has 3 rings (SSSR count). The van der Waals surface area contributed by atoms with Crippen molar-refractivity contribution in [2.45, 2.75) is 6.54 Å². The number of nitrogens with one attached hydrogen (secondary N) is 1. The first kappa shape index (κ1) is 17.0. The number of aromatic nitrogens is 4. The number of amides is 1. The average Bonchev–Trinajstić information content (AvgIpc) is 3.09. The summed E-state index contributed by atoms with van der Waals surface area (Å²) < 4.78 is 3.83. The number of rotatable bonds is 4. The van der Waals surface area contributed by atoms with E-state index in [1.807, 2.05) is 6.07 Å². The van der Waals surface area contributed by atoms with Crippen LogP contribution >= 0.6 is 39.1 Å². The molecule has 0 radical (unpaired) electrons. The van der Waals surface area contributed by atoms with Crippen LogP contribution in [0.25, 0.3) is 0 Å². The highest BCUT2D eigenvalue weighted by Gasteiger charge is 2.16. The van der Waals surface area contributed by atoms with Crippen LogP contribution in [0, 0.1) is 0 Å². The van der Waals surface area contributed by atoms with Gasteiger partial charge in [-0.15, -0.1) is 0 Å². The Morgan fingerprint density at radius 3 is 2.71 bits per heavy atom. The summed E-state index contributed by atoms with van der Waals surface area (Å²) in [5.41, 5.74) is 1.99. The van der Waals surface area contributed by atoms with Crippen molar-refractivity contribution < 1.29 is 4.79 Å². The van der Waals surface area contributed by atoms with E-state index in [9.17, 15) is 4.79 Å². The molecule has 1 N–H and O–H groups in total. The maximum atomic E-state index is 12.3. The fraction of sp³-hybridized carbons (Fsp3) is 0.133. The van der Waals surface area contributed by atoms with Crippen LogP contribution in [0.2, 0.25) is 10.0 Å². The smallest absolute Gasteiger partial charge is 0.275 e. The zero-order valence-electron chi connectivity index (χ0n) is 12.5. The number of hydrogen-bond donors (Lipinski definition) is 1. The monoisotopic (exact) mass is 427 g/mol. The summed E-state index contributed by atoms with van der Waals surface area (Å²) in [6.07, 6.45) is 4.90. The van der Waals surface area contributed by atoms with Crippen molar-refractivity contribution >= 4 is 50.7 Å². The summed E-state index contributed by atoms with van der Waals surface area (Å²) in [6.45, 7) is 0.516. The molecule has 0 fully saturated rings. The molecule has 0 bridgehead atoms. The van der Waals surface area contributed by atoms with Crippen LogP contribution in [-0.4, -0.2) is 25.5 Å². The Hall–Kier alpha value is -1.83. The van der Waals surface area contributed by atoms with Gasteiger partial charge < -0.3 is 5.32 Å². The molecule has 124 valence electrons. The van der Waals surface area contributed by atoms with Crippen LogP contribution < -0.4 is 5.32 Å². The number of carbonyl (C=O) groups is 1. The Balaban J connectivity index is 1.71. The standard InChI is InChI=1S/C15H12BrCl2N5O/c1-22-14(11(16)6-19-22)15(24)21-10-5-20-23(8-10)7-9-2-3-12(17)13(18)4-9/h2-6,8H,7H2,1H3,(H,21,24). The van der Waals surface area contributed by atoms with Gasteiger partial charge >= 0.3 is 0 Å². The Bertz CT molecular complexity index is 886. The van der Waals surface area contributed by atoms with Gasteiger partial charge in [-0.2, -0.15) is 10.2 Å². The van der Waals surface area contributed by atoms with E-state index < -0.39 is 0 Å². The van der Waals surface area contributed by atoms with Crippen molar-refractivity contribution in [1.29, 1.82) is 0 Å². The average molecular weight is 429 g/mol. The minimum absolute atomic E-state index is 0.268. The summed E-state index contributed by atoms with van der Waals surface area (Å²) in [7, 11) is 1.70. The van der Waals surface area contributed by atoms with Gasteiger partial charge in [-0.25, -0.2) is 0 Å². The summed E-state index contributed by atoms with van der Waals surface area (Å²) in [5.74, 6) is -0.268. The molecule has 0 aliphatic carbocycles. The van der Waals surface area contributed by atoms with Crippen LogP contribution in [0.3, 0.4) is 0 Å². The summed E-state index contributed by atoms with van der Waals surface area (Å²) in [5, 5.41) is 12.1. The van der Waals surface area contributed by atoms with E-state index in [1.54, 1.807) is 42.5 Å². The first-order valence-corrected chi connectivity index (χ1v) is 8.44. The molecule has 0 aliphatic heterocycles. The molecular formula is C15H12BrCl2N5O. The third-order valence-electron chi connectivity index (χ3n) is 3.33. The zero-order valence-corrected chi connectivity index (χ0v) is 15.6. The number of aryl methyl sites for hydroxylation is 1. The predicted octanol–water partition coefficient (Wildman–Crippen LogP) is 3.99. The minimum atomic E-state index is -0.268. The second-order valence-corrected chi connectivity index (χ2v) is 6.76. The predicted molar refractivity (Wildman–Crippen MR) is 96.7 cm³/mol. The summed E-state index contributed by atoms with van der Waals surface area (Å²) >= 11 is 15.2. The SMILES string of the molecule is Cn1ncc(Br)c1C(=O)Nc1cnn(Cc2ccc(Cl)c(Cl)c2)c1. The van der Waals surface area contributed by atoms with Crippen LogP contribution in [0.5, 0.6) is 0 Å². The summed E-state index contributed by atoms with van der Waals surface area (Å²) in [6, 6.07) is 5.41. The molecule has 0 aliphatic rings. The number of benzene rings is 1. The van der Waals surface area contributed by atoms with Crippen molar-refractivity contribution in [3.05, 3.63) is 62.6 Å². The van der Waals surface area contributed by atoms with E-state index in [4.69, 9.17) is 23.2 Å². The molecule has 0 spiro atoms. The number of nitrogens with zero attached hydrogens (tertiary/aromatic N) is 4.